The first kappa shape index (κ1) is 18.2. The van der Waals surface area contributed by atoms with Crippen LogP contribution >= 0.6 is 23.7 Å². The SMILES string of the molecule is CCn1c(C)c(C(C)=O)sc1=Nc1ccc(-n2ccnc2)cc1.Cl. The number of benzene rings is 1. The van der Waals surface area contributed by atoms with E-state index in [1.165, 1.54) is 11.3 Å². The Hall–Kier alpha value is -2.18. The van der Waals surface area contributed by atoms with Gasteiger partial charge in [0.25, 0.3) is 0 Å². The van der Waals surface area contributed by atoms with E-state index in [4.69, 9.17) is 4.99 Å². The average molecular weight is 363 g/mol. The Bertz CT molecular complexity index is 892. The van der Waals surface area contributed by atoms with Crippen LogP contribution in [0, 0.1) is 6.92 Å². The molecule has 1 aromatic carbocycles. The van der Waals surface area contributed by atoms with Crippen LogP contribution in [-0.4, -0.2) is 19.9 Å². The topological polar surface area (TPSA) is 52.2 Å². The lowest BCUT2D eigenvalue weighted by atomic mass is 10.3. The molecule has 0 aliphatic heterocycles. The standard InChI is InChI=1S/C17H18N4OS.ClH/c1-4-21-12(2)16(13(3)22)23-17(21)19-14-5-7-15(8-6-14)20-10-9-18-11-20;/h5-11H,4H2,1-3H3;1H. The van der Waals surface area contributed by atoms with E-state index < -0.39 is 0 Å². The van der Waals surface area contributed by atoms with Gasteiger partial charge in [-0.05, 0) is 38.1 Å². The van der Waals surface area contributed by atoms with Crippen molar-refractivity contribution in [2.24, 2.45) is 4.99 Å². The number of ketones is 1. The van der Waals surface area contributed by atoms with E-state index >= 15 is 0 Å². The van der Waals surface area contributed by atoms with E-state index in [0.29, 0.717) is 0 Å². The quantitative estimate of drug-likeness (QED) is 0.660. The third-order valence-corrected chi connectivity index (χ3v) is 4.95. The Morgan fingerprint density at radius 1 is 1.29 bits per heavy atom. The molecular weight excluding hydrogens is 344 g/mol. The van der Waals surface area contributed by atoms with Gasteiger partial charge in [0, 0.05) is 37.2 Å². The first-order valence-corrected chi connectivity index (χ1v) is 8.26. The Labute approximate surface area is 150 Å². The fourth-order valence-corrected chi connectivity index (χ4v) is 3.60. The smallest absolute Gasteiger partial charge is 0.190 e. The normalized spacial score (nSPS) is 11.4. The number of halogens is 1. The molecule has 2 aromatic heterocycles. The maximum atomic E-state index is 11.7. The number of hydrogen-bond donors (Lipinski definition) is 0. The number of hydrogen-bond acceptors (Lipinski definition) is 4. The van der Waals surface area contributed by atoms with Gasteiger partial charge in [0.1, 0.15) is 0 Å². The van der Waals surface area contributed by atoms with Crippen molar-refractivity contribution in [3.63, 3.8) is 0 Å². The molecule has 0 bridgehead atoms. The molecule has 2 heterocycles. The van der Waals surface area contributed by atoms with E-state index in [-0.39, 0.29) is 18.2 Å². The number of Topliss-reactive ketones (excluding diaryl/α,β-unsaturated/α-hetero) is 1. The van der Waals surface area contributed by atoms with Gasteiger partial charge in [0.05, 0.1) is 16.9 Å². The largest absolute Gasteiger partial charge is 0.321 e. The highest BCUT2D eigenvalue weighted by molar-refractivity contribution is 7.11. The van der Waals surface area contributed by atoms with Crippen molar-refractivity contribution in [2.45, 2.75) is 27.3 Å². The summed E-state index contributed by atoms with van der Waals surface area (Å²) in [5.74, 6) is 0.0894. The van der Waals surface area contributed by atoms with Crippen molar-refractivity contribution in [2.75, 3.05) is 0 Å². The third kappa shape index (κ3) is 3.49. The summed E-state index contributed by atoms with van der Waals surface area (Å²) in [6.45, 7) is 6.42. The molecule has 0 amide bonds. The molecule has 3 aromatic rings. The van der Waals surface area contributed by atoms with Gasteiger partial charge in [-0.2, -0.15) is 0 Å². The number of carbonyl (C=O) groups is 1. The molecule has 0 radical (unpaired) electrons. The fraction of sp³-hybridized carbons (Fsp3) is 0.235. The third-order valence-electron chi connectivity index (χ3n) is 3.67. The first-order valence-electron chi connectivity index (χ1n) is 7.44. The summed E-state index contributed by atoms with van der Waals surface area (Å²) < 4.78 is 4.02. The van der Waals surface area contributed by atoms with Gasteiger partial charge in [-0.1, -0.05) is 11.3 Å². The summed E-state index contributed by atoms with van der Waals surface area (Å²) in [4.78, 5) is 22.1. The summed E-state index contributed by atoms with van der Waals surface area (Å²) in [5, 5.41) is 0. The zero-order valence-corrected chi connectivity index (χ0v) is 15.4. The average Bonchev–Trinajstić information content (AvgIpc) is 3.16. The van der Waals surface area contributed by atoms with Crippen molar-refractivity contribution >= 4 is 35.2 Å². The Balaban J connectivity index is 0.00000208. The van der Waals surface area contributed by atoms with E-state index in [0.717, 1.165) is 33.3 Å². The molecule has 7 heteroatoms. The zero-order chi connectivity index (χ0) is 16.4. The van der Waals surface area contributed by atoms with Crippen molar-refractivity contribution in [3.05, 3.63) is 58.4 Å². The highest BCUT2D eigenvalue weighted by Crippen LogP contribution is 2.17. The van der Waals surface area contributed by atoms with Gasteiger partial charge in [-0.15, -0.1) is 12.4 Å². The molecule has 0 saturated carbocycles. The summed E-state index contributed by atoms with van der Waals surface area (Å²) in [6.07, 6.45) is 5.41. The predicted molar refractivity (Wildman–Crippen MR) is 98.8 cm³/mol. The number of nitrogens with zero attached hydrogens (tertiary/aromatic N) is 4. The molecule has 0 atom stereocenters. The van der Waals surface area contributed by atoms with Crippen LogP contribution < -0.4 is 4.80 Å². The summed E-state index contributed by atoms with van der Waals surface area (Å²) >= 11 is 1.45. The van der Waals surface area contributed by atoms with E-state index in [1.54, 1.807) is 19.4 Å². The van der Waals surface area contributed by atoms with Crippen molar-refractivity contribution in [1.29, 1.82) is 0 Å². The summed E-state index contributed by atoms with van der Waals surface area (Å²) in [5.41, 5.74) is 2.89. The second-order valence-electron chi connectivity index (χ2n) is 5.20. The van der Waals surface area contributed by atoms with Crippen LogP contribution in [0.25, 0.3) is 5.69 Å². The lowest BCUT2D eigenvalue weighted by Gasteiger charge is -2.03. The van der Waals surface area contributed by atoms with Crippen LogP contribution in [0.15, 0.2) is 48.0 Å². The lowest BCUT2D eigenvalue weighted by Crippen LogP contribution is -2.14. The molecule has 0 aliphatic carbocycles. The Morgan fingerprint density at radius 3 is 2.54 bits per heavy atom. The monoisotopic (exact) mass is 362 g/mol. The molecule has 126 valence electrons. The van der Waals surface area contributed by atoms with Crippen molar-refractivity contribution in [1.82, 2.24) is 14.1 Å². The summed E-state index contributed by atoms with van der Waals surface area (Å²) in [7, 11) is 0. The minimum atomic E-state index is 0. The van der Waals surface area contributed by atoms with E-state index in [1.807, 2.05) is 42.0 Å². The lowest BCUT2D eigenvalue weighted by molar-refractivity contribution is 0.102. The van der Waals surface area contributed by atoms with Crippen LogP contribution in [0.1, 0.15) is 29.2 Å². The van der Waals surface area contributed by atoms with Crippen LogP contribution in [0.2, 0.25) is 0 Å². The molecule has 0 fully saturated rings. The molecule has 5 nitrogen and oxygen atoms in total. The second kappa shape index (κ2) is 7.59. The first-order chi connectivity index (χ1) is 11.1. The fourth-order valence-electron chi connectivity index (χ4n) is 2.49. The van der Waals surface area contributed by atoms with Crippen LogP contribution in [-0.2, 0) is 6.54 Å². The molecule has 24 heavy (non-hydrogen) atoms. The van der Waals surface area contributed by atoms with Crippen molar-refractivity contribution in [3.8, 4) is 5.69 Å². The van der Waals surface area contributed by atoms with Gasteiger partial charge in [-0.3, -0.25) is 4.79 Å². The Kier molecular flexibility index (Phi) is 5.75. The highest BCUT2D eigenvalue weighted by atomic mass is 35.5. The molecule has 0 spiro atoms. The van der Waals surface area contributed by atoms with Crippen LogP contribution in [0.5, 0.6) is 0 Å². The molecule has 0 saturated heterocycles. The second-order valence-corrected chi connectivity index (χ2v) is 6.18. The number of rotatable bonds is 4. The summed E-state index contributed by atoms with van der Waals surface area (Å²) in [6, 6.07) is 7.95. The molecule has 3 rings (SSSR count). The Morgan fingerprint density at radius 2 is 2.00 bits per heavy atom. The molecule has 0 aliphatic rings. The van der Waals surface area contributed by atoms with Gasteiger partial charge >= 0.3 is 0 Å². The maximum Gasteiger partial charge on any atom is 0.190 e. The zero-order valence-electron chi connectivity index (χ0n) is 13.8. The van der Waals surface area contributed by atoms with Gasteiger partial charge in [0.15, 0.2) is 10.6 Å². The number of thiazole rings is 1. The van der Waals surface area contributed by atoms with Crippen LogP contribution in [0.3, 0.4) is 0 Å². The maximum absolute atomic E-state index is 11.7. The van der Waals surface area contributed by atoms with Gasteiger partial charge in [-0.25, -0.2) is 9.98 Å². The van der Waals surface area contributed by atoms with Gasteiger partial charge < -0.3 is 9.13 Å². The minimum absolute atomic E-state index is 0. The molecule has 0 N–H and O–H groups in total. The number of imidazole rings is 1. The number of carbonyl (C=O) groups excluding carboxylic acids is 1. The van der Waals surface area contributed by atoms with Crippen molar-refractivity contribution < 1.29 is 4.79 Å². The molecular formula is C17H19ClN4OS. The van der Waals surface area contributed by atoms with E-state index in [9.17, 15) is 4.79 Å². The highest BCUT2D eigenvalue weighted by Gasteiger charge is 2.12. The number of aromatic nitrogens is 3. The predicted octanol–water partition coefficient (Wildman–Crippen LogP) is 3.92. The minimum Gasteiger partial charge on any atom is -0.321 e. The molecule has 0 unspecified atom stereocenters. The van der Waals surface area contributed by atoms with E-state index in [2.05, 4.69) is 16.5 Å². The van der Waals surface area contributed by atoms with Gasteiger partial charge in [0.2, 0.25) is 0 Å². The van der Waals surface area contributed by atoms with Crippen LogP contribution in [0.4, 0.5) is 5.69 Å².